The van der Waals surface area contributed by atoms with Crippen molar-refractivity contribution < 1.29 is 19.2 Å². The SMILES string of the molecule is CCOC(=O)c1nn(-c2ccccc2C)c(=O)cc1NC(=O)c1ccc(Cl)c([N+](=O)[O-])c1. The Labute approximate surface area is 186 Å². The predicted molar refractivity (Wildman–Crippen MR) is 117 cm³/mol. The summed E-state index contributed by atoms with van der Waals surface area (Å²) < 4.78 is 6.04. The van der Waals surface area contributed by atoms with E-state index in [2.05, 4.69) is 10.4 Å². The molecule has 0 unspecified atom stereocenters. The van der Waals surface area contributed by atoms with Gasteiger partial charge in [-0.15, -0.1) is 0 Å². The number of para-hydroxylation sites is 1. The quantitative estimate of drug-likeness (QED) is 0.340. The van der Waals surface area contributed by atoms with Crippen molar-refractivity contribution in [2.45, 2.75) is 13.8 Å². The minimum atomic E-state index is -0.854. The van der Waals surface area contributed by atoms with Gasteiger partial charge in [-0.05, 0) is 37.6 Å². The molecule has 32 heavy (non-hydrogen) atoms. The highest BCUT2D eigenvalue weighted by Crippen LogP contribution is 2.26. The van der Waals surface area contributed by atoms with Crippen molar-refractivity contribution in [1.29, 1.82) is 0 Å². The number of hydrogen-bond acceptors (Lipinski definition) is 7. The fourth-order valence-corrected chi connectivity index (χ4v) is 3.05. The second-order valence-corrected chi connectivity index (χ2v) is 6.95. The lowest BCUT2D eigenvalue weighted by Crippen LogP contribution is -2.27. The summed E-state index contributed by atoms with van der Waals surface area (Å²) in [4.78, 5) is 48.3. The first kappa shape index (κ1) is 22.6. The smallest absolute Gasteiger partial charge is 0.360 e. The molecular formula is C21H17ClN4O6. The van der Waals surface area contributed by atoms with Crippen molar-refractivity contribution in [2.24, 2.45) is 0 Å². The number of nitrogens with zero attached hydrogens (tertiary/aromatic N) is 3. The molecule has 164 valence electrons. The third-order valence-corrected chi connectivity index (χ3v) is 4.72. The minimum Gasteiger partial charge on any atom is -0.461 e. The molecule has 2 aromatic carbocycles. The number of benzene rings is 2. The number of amides is 1. The molecule has 3 rings (SSSR count). The number of esters is 1. The van der Waals surface area contributed by atoms with Crippen LogP contribution in [-0.2, 0) is 4.74 Å². The van der Waals surface area contributed by atoms with Crippen molar-refractivity contribution in [1.82, 2.24) is 9.78 Å². The van der Waals surface area contributed by atoms with Crippen molar-refractivity contribution in [2.75, 3.05) is 11.9 Å². The molecule has 0 aliphatic heterocycles. The maximum Gasteiger partial charge on any atom is 0.360 e. The molecule has 0 radical (unpaired) electrons. The summed E-state index contributed by atoms with van der Waals surface area (Å²) in [6, 6.07) is 11.4. The standard InChI is InChI=1S/C21H17ClN4O6/c1-3-32-21(29)19-15(11-18(27)25(24-19)16-7-5-4-6-12(16)2)23-20(28)13-8-9-14(22)17(10-13)26(30)31/h4-11H,3H2,1-2H3,(H,23,28). The molecule has 0 saturated carbocycles. The molecule has 0 atom stereocenters. The van der Waals surface area contributed by atoms with Gasteiger partial charge in [-0.3, -0.25) is 19.7 Å². The number of carbonyl (C=O) groups excluding carboxylic acids is 2. The molecule has 1 amide bonds. The van der Waals surface area contributed by atoms with Crippen LogP contribution >= 0.6 is 11.6 Å². The molecule has 0 aliphatic carbocycles. The van der Waals surface area contributed by atoms with E-state index in [-0.39, 0.29) is 28.6 Å². The molecule has 11 heteroatoms. The number of nitro benzene ring substituents is 1. The number of hydrogen-bond donors (Lipinski definition) is 1. The van der Waals surface area contributed by atoms with Crippen molar-refractivity contribution in [3.05, 3.63) is 90.8 Å². The summed E-state index contributed by atoms with van der Waals surface area (Å²) in [6.45, 7) is 3.41. The number of ether oxygens (including phenoxy) is 1. The van der Waals surface area contributed by atoms with Gasteiger partial charge in [0.2, 0.25) is 0 Å². The minimum absolute atomic E-state index is 0.0424. The Morgan fingerprint density at radius 2 is 1.94 bits per heavy atom. The molecule has 0 saturated heterocycles. The second kappa shape index (κ2) is 9.40. The van der Waals surface area contributed by atoms with E-state index in [1.807, 2.05) is 0 Å². The highest BCUT2D eigenvalue weighted by Gasteiger charge is 2.22. The summed E-state index contributed by atoms with van der Waals surface area (Å²) in [7, 11) is 0. The van der Waals surface area contributed by atoms with Crippen molar-refractivity contribution >= 4 is 34.9 Å². The maximum atomic E-state index is 12.7. The van der Waals surface area contributed by atoms with Gasteiger partial charge in [0.1, 0.15) is 5.02 Å². The van der Waals surface area contributed by atoms with Gasteiger partial charge in [0.25, 0.3) is 17.2 Å². The summed E-state index contributed by atoms with van der Waals surface area (Å²) in [5, 5.41) is 17.5. The first-order valence-corrected chi connectivity index (χ1v) is 9.73. The number of aromatic nitrogens is 2. The zero-order valence-electron chi connectivity index (χ0n) is 17.0. The van der Waals surface area contributed by atoms with Crippen LogP contribution in [0.25, 0.3) is 5.69 Å². The average Bonchev–Trinajstić information content (AvgIpc) is 2.74. The Bertz CT molecular complexity index is 1290. The zero-order valence-corrected chi connectivity index (χ0v) is 17.8. The molecule has 0 spiro atoms. The summed E-state index contributed by atoms with van der Waals surface area (Å²) in [6.07, 6.45) is 0. The number of rotatable bonds is 6. The number of carbonyl (C=O) groups is 2. The number of halogens is 1. The van der Waals surface area contributed by atoms with Gasteiger partial charge >= 0.3 is 5.97 Å². The number of nitrogens with one attached hydrogen (secondary N) is 1. The molecule has 10 nitrogen and oxygen atoms in total. The number of nitro groups is 1. The molecule has 3 aromatic rings. The van der Waals surface area contributed by atoms with E-state index in [4.69, 9.17) is 16.3 Å². The van der Waals surface area contributed by atoms with Gasteiger partial charge in [0.15, 0.2) is 5.69 Å². The van der Waals surface area contributed by atoms with E-state index in [0.29, 0.717) is 5.69 Å². The first-order valence-electron chi connectivity index (χ1n) is 9.35. The largest absolute Gasteiger partial charge is 0.461 e. The van der Waals surface area contributed by atoms with E-state index >= 15 is 0 Å². The third kappa shape index (κ3) is 4.65. The summed E-state index contributed by atoms with van der Waals surface area (Å²) in [5.74, 6) is -1.66. The Balaban J connectivity index is 2.07. The average molecular weight is 457 g/mol. The number of anilines is 1. The van der Waals surface area contributed by atoms with Crippen LogP contribution in [0.5, 0.6) is 0 Å². The topological polar surface area (TPSA) is 133 Å². The van der Waals surface area contributed by atoms with E-state index in [1.165, 1.54) is 12.1 Å². The van der Waals surface area contributed by atoms with E-state index in [9.17, 15) is 24.5 Å². The molecule has 1 N–H and O–H groups in total. The fraction of sp³-hybridized carbons (Fsp3) is 0.143. The Morgan fingerprint density at radius 3 is 2.59 bits per heavy atom. The van der Waals surface area contributed by atoms with Crippen LogP contribution in [0.1, 0.15) is 33.3 Å². The lowest BCUT2D eigenvalue weighted by Gasteiger charge is -2.13. The van der Waals surface area contributed by atoms with E-state index < -0.39 is 28.0 Å². The van der Waals surface area contributed by atoms with Gasteiger partial charge < -0.3 is 10.1 Å². The highest BCUT2D eigenvalue weighted by molar-refractivity contribution is 6.32. The Morgan fingerprint density at radius 1 is 1.22 bits per heavy atom. The zero-order chi connectivity index (χ0) is 23.4. The maximum absolute atomic E-state index is 12.7. The van der Waals surface area contributed by atoms with Crippen LogP contribution < -0.4 is 10.9 Å². The van der Waals surface area contributed by atoms with Crippen LogP contribution in [-0.4, -0.2) is 33.2 Å². The number of aryl methyl sites for hydroxylation is 1. The second-order valence-electron chi connectivity index (χ2n) is 6.54. The first-order chi connectivity index (χ1) is 15.2. The van der Waals surface area contributed by atoms with Crippen molar-refractivity contribution in [3.8, 4) is 5.69 Å². The monoisotopic (exact) mass is 456 g/mol. The van der Waals surface area contributed by atoms with Gasteiger partial charge in [-0.2, -0.15) is 9.78 Å². The van der Waals surface area contributed by atoms with Gasteiger partial charge in [-0.1, -0.05) is 29.8 Å². The van der Waals surface area contributed by atoms with Crippen LogP contribution in [0, 0.1) is 17.0 Å². The van der Waals surface area contributed by atoms with Gasteiger partial charge in [0, 0.05) is 17.7 Å². The third-order valence-electron chi connectivity index (χ3n) is 4.40. The predicted octanol–water partition coefficient (Wildman–Crippen LogP) is 3.53. The molecule has 0 fully saturated rings. The van der Waals surface area contributed by atoms with E-state index in [1.54, 1.807) is 38.1 Å². The Hall–Kier alpha value is -4.05. The molecular weight excluding hydrogens is 440 g/mol. The molecule has 1 heterocycles. The van der Waals surface area contributed by atoms with Gasteiger partial charge in [-0.25, -0.2) is 4.79 Å². The molecule has 1 aromatic heterocycles. The van der Waals surface area contributed by atoms with Gasteiger partial charge in [0.05, 0.1) is 22.9 Å². The normalized spacial score (nSPS) is 10.5. The Kier molecular flexibility index (Phi) is 6.64. The molecule has 0 bridgehead atoms. The summed E-state index contributed by atoms with van der Waals surface area (Å²) >= 11 is 5.78. The fourth-order valence-electron chi connectivity index (χ4n) is 2.86. The lowest BCUT2D eigenvalue weighted by atomic mass is 10.1. The van der Waals surface area contributed by atoms with Crippen LogP contribution in [0.4, 0.5) is 11.4 Å². The van der Waals surface area contributed by atoms with Crippen LogP contribution in [0.15, 0.2) is 53.3 Å². The van der Waals surface area contributed by atoms with Crippen LogP contribution in [0.2, 0.25) is 5.02 Å². The summed E-state index contributed by atoms with van der Waals surface area (Å²) in [5.41, 5.74) is -0.467. The van der Waals surface area contributed by atoms with Crippen molar-refractivity contribution in [3.63, 3.8) is 0 Å². The van der Waals surface area contributed by atoms with Crippen LogP contribution in [0.3, 0.4) is 0 Å². The highest BCUT2D eigenvalue weighted by atomic mass is 35.5. The lowest BCUT2D eigenvalue weighted by molar-refractivity contribution is -0.384. The molecule has 0 aliphatic rings. The van der Waals surface area contributed by atoms with E-state index in [0.717, 1.165) is 22.4 Å².